The molecule has 0 radical (unpaired) electrons. The van der Waals surface area contributed by atoms with Gasteiger partial charge in [0.2, 0.25) is 0 Å². The predicted molar refractivity (Wildman–Crippen MR) is 267 cm³/mol. The maximum absolute atomic E-state index is 6.65. The molecule has 0 spiro atoms. The normalized spacial score (nSPS) is 11.9. The van der Waals surface area contributed by atoms with Gasteiger partial charge in [0, 0.05) is 72.5 Å². The third-order valence-corrected chi connectivity index (χ3v) is 12.9. The summed E-state index contributed by atoms with van der Waals surface area (Å²) in [5.41, 5.74) is 11.6. The number of aromatic nitrogens is 5. The zero-order chi connectivity index (χ0) is 43.3. The first-order chi connectivity index (χ1) is 32.6. The van der Waals surface area contributed by atoms with E-state index in [1.165, 1.54) is 0 Å². The Labute approximate surface area is 376 Å². The molecule has 0 aliphatic heterocycles. The number of fused-ring (bicyclic) bond motifs is 10. The first kappa shape index (κ1) is 36.4. The minimum absolute atomic E-state index is 0.534. The van der Waals surface area contributed by atoms with Crippen LogP contribution in [0.15, 0.2) is 209 Å². The molecule has 306 valence electrons. The first-order valence-electron chi connectivity index (χ1n) is 21.9. The molecular formula is C59H33N5O2. The first-order valence-corrected chi connectivity index (χ1v) is 21.9. The zero-order valence-electron chi connectivity index (χ0n) is 35.1. The highest BCUT2D eigenvalue weighted by molar-refractivity contribution is 6.12. The standard InChI is InChI=1S/C59H33N5O2/c1-3-17-53-47(11-1)49-15-5-13-45(55(49)65-53)42-29-43(46-14-6-16-50-48-12-2-4-18-54(48)66-56(46)50)31-44(30-42)59-63-57(38-21-19-34-25-36-9-7-23-60-51(36)32-40(34)27-38)62-58(64-59)39-22-20-35-26-37-10-8-24-61-52(37)33-41(35)28-39/h1-33H. The molecule has 0 bridgehead atoms. The van der Waals surface area contributed by atoms with Crippen molar-refractivity contribution < 1.29 is 8.83 Å². The lowest BCUT2D eigenvalue weighted by atomic mass is 9.94. The number of rotatable bonds is 5. The fourth-order valence-electron chi connectivity index (χ4n) is 9.70. The number of benzene rings is 9. The van der Waals surface area contributed by atoms with Crippen molar-refractivity contribution in [2.24, 2.45) is 0 Å². The van der Waals surface area contributed by atoms with Crippen molar-refractivity contribution in [3.8, 4) is 56.4 Å². The van der Waals surface area contributed by atoms with Crippen LogP contribution >= 0.6 is 0 Å². The van der Waals surface area contributed by atoms with E-state index >= 15 is 0 Å². The summed E-state index contributed by atoms with van der Waals surface area (Å²) in [4.78, 5) is 25.2. The van der Waals surface area contributed by atoms with Crippen LogP contribution in [-0.4, -0.2) is 24.9 Å². The molecule has 0 unspecified atom stereocenters. The summed E-state index contributed by atoms with van der Waals surface area (Å²) in [6.45, 7) is 0. The van der Waals surface area contributed by atoms with Crippen LogP contribution in [0.5, 0.6) is 0 Å². The molecule has 7 nitrogen and oxygen atoms in total. The zero-order valence-corrected chi connectivity index (χ0v) is 35.1. The molecule has 7 heteroatoms. The van der Waals surface area contributed by atoms with E-state index in [-0.39, 0.29) is 0 Å². The van der Waals surface area contributed by atoms with Gasteiger partial charge in [-0.05, 0) is 112 Å². The molecule has 66 heavy (non-hydrogen) atoms. The van der Waals surface area contributed by atoms with Crippen LogP contribution in [0.25, 0.3) is 144 Å². The van der Waals surface area contributed by atoms with Crippen LogP contribution in [0.1, 0.15) is 0 Å². The highest BCUT2D eigenvalue weighted by atomic mass is 16.3. The van der Waals surface area contributed by atoms with Crippen LogP contribution in [0, 0.1) is 0 Å². The molecule has 0 fully saturated rings. The van der Waals surface area contributed by atoms with E-state index in [1.54, 1.807) is 0 Å². The monoisotopic (exact) mass is 843 g/mol. The van der Waals surface area contributed by atoms with Crippen molar-refractivity contribution in [2.45, 2.75) is 0 Å². The largest absolute Gasteiger partial charge is 0.455 e. The minimum atomic E-state index is 0.534. The smallest absolute Gasteiger partial charge is 0.164 e. The lowest BCUT2D eigenvalue weighted by Gasteiger charge is -2.13. The quantitative estimate of drug-likeness (QED) is 0.159. The number of para-hydroxylation sites is 4. The molecular weight excluding hydrogens is 811 g/mol. The van der Waals surface area contributed by atoms with E-state index in [1.807, 2.05) is 48.8 Å². The maximum atomic E-state index is 6.65. The van der Waals surface area contributed by atoms with Gasteiger partial charge in [0.05, 0.1) is 11.0 Å². The van der Waals surface area contributed by atoms with Crippen LogP contribution in [0.3, 0.4) is 0 Å². The van der Waals surface area contributed by atoms with Crippen LogP contribution in [-0.2, 0) is 0 Å². The summed E-state index contributed by atoms with van der Waals surface area (Å²) in [5, 5.41) is 10.8. The third-order valence-electron chi connectivity index (χ3n) is 12.9. The molecule has 0 aliphatic carbocycles. The van der Waals surface area contributed by atoms with Crippen molar-refractivity contribution in [3.05, 3.63) is 200 Å². The Hall–Kier alpha value is -9.07. The number of hydrogen-bond acceptors (Lipinski definition) is 7. The Balaban J connectivity index is 1.03. The molecule has 14 rings (SSSR count). The van der Waals surface area contributed by atoms with Crippen molar-refractivity contribution in [1.82, 2.24) is 24.9 Å². The highest BCUT2D eigenvalue weighted by Gasteiger charge is 2.20. The fourth-order valence-corrected chi connectivity index (χ4v) is 9.70. The molecule has 0 amide bonds. The number of nitrogens with zero attached hydrogens (tertiary/aromatic N) is 5. The highest BCUT2D eigenvalue weighted by Crippen LogP contribution is 2.42. The van der Waals surface area contributed by atoms with Gasteiger partial charge in [-0.1, -0.05) is 109 Å². The predicted octanol–water partition coefficient (Wildman–Crippen LogP) is 15.4. The molecule has 0 aliphatic rings. The topological polar surface area (TPSA) is 90.7 Å². The van der Waals surface area contributed by atoms with Crippen molar-refractivity contribution in [3.63, 3.8) is 0 Å². The summed E-state index contributed by atoms with van der Waals surface area (Å²) < 4.78 is 13.3. The van der Waals surface area contributed by atoms with Gasteiger partial charge in [-0.2, -0.15) is 0 Å². The van der Waals surface area contributed by atoms with Crippen LogP contribution in [0.2, 0.25) is 0 Å². The molecule has 0 saturated carbocycles. The number of furan rings is 2. The van der Waals surface area contributed by atoms with Gasteiger partial charge in [0.15, 0.2) is 17.5 Å². The SMILES string of the molecule is c1cnc2cc3cc(-c4nc(-c5cc(-c6cccc7c6oc6ccccc67)cc(-c6cccc7c6oc6ccccc67)c5)nc(-c5ccc6cc7cccnc7cc6c5)n4)ccc3cc2c1. The maximum Gasteiger partial charge on any atom is 0.164 e. The Morgan fingerprint density at radius 2 is 0.742 bits per heavy atom. The van der Waals surface area contributed by atoms with Gasteiger partial charge in [0.1, 0.15) is 22.3 Å². The molecule has 0 N–H and O–H groups in total. The molecule has 14 aromatic rings. The van der Waals surface area contributed by atoms with E-state index in [9.17, 15) is 0 Å². The molecule has 5 aromatic heterocycles. The molecule has 9 aromatic carbocycles. The summed E-state index contributed by atoms with van der Waals surface area (Å²) in [6, 6.07) is 65.2. The second-order valence-corrected chi connectivity index (χ2v) is 16.9. The van der Waals surface area contributed by atoms with Gasteiger partial charge < -0.3 is 8.83 Å². The van der Waals surface area contributed by atoms with Crippen LogP contribution in [0.4, 0.5) is 0 Å². The van der Waals surface area contributed by atoms with Gasteiger partial charge in [0.25, 0.3) is 0 Å². The molecule has 0 saturated heterocycles. The fraction of sp³-hybridized carbons (Fsp3) is 0. The van der Waals surface area contributed by atoms with Gasteiger partial charge in [-0.25, -0.2) is 15.0 Å². The van der Waals surface area contributed by atoms with Crippen molar-refractivity contribution in [2.75, 3.05) is 0 Å². The third kappa shape index (κ3) is 5.87. The Bertz CT molecular complexity index is 4050. The van der Waals surface area contributed by atoms with Gasteiger partial charge in [-0.15, -0.1) is 0 Å². The van der Waals surface area contributed by atoms with Gasteiger partial charge in [-0.3, -0.25) is 9.97 Å². The summed E-state index contributed by atoms with van der Waals surface area (Å²) in [6.07, 6.45) is 3.66. The summed E-state index contributed by atoms with van der Waals surface area (Å²) in [5.74, 6) is 1.65. The lowest BCUT2D eigenvalue weighted by Crippen LogP contribution is -2.01. The van der Waals surface area contributed by atoms with E-state index < -0.39 is 0 Å². The average molecular weight is 844 g/mol. The Morgan fingerprint density at radius 1 is 0.288 bits per heavy atom. The van der Waals surface area contributed by atoms with E-state index in [4.69, 9.17) is 23.8 Å². The summed E-state index contributed by atoms with van der Waals surface area (Å²) in [7, 11) is 0. The lowest BCUT2D eigenvalue weighted by molar-refractivity contribution is 0.670. The minimum Gasteiger partial charge on any atom is -0.455 e. The second kappa shape index (κ2) is 14.2. The number of pyridine rings is 2. The van der Waals surface area contributed by atoms with Crippen LogP contribution < -0.4 is 0 Å². The molecule has 0 atom stereocenters. The summed E-state index contributed by atoms with van der Waals surface area (Å²) >= 11 is 0. The van der Waals surface area contributed by atoms with E-state index in [0.29, 0.717) is 17.5 Å². The Kier molecular flexibility index (Phi) is 7.85. The van der Waals surface area contributed by atoms with E-state index in [0.717, 1.165) is 126 Å². The second-order valence-electron chi connectivity index (χ2n) is 16.9. The average Bonchev–Trinajstić information content (AvgIpc) is 3.96. The Morgan fingerprint density at radius 3 is 1.26 bits per heavy atom. The van der Waals surface area contributed by atoms with Crippen molar-refractivity contribution in [1.29, 1.82) is 0 Å². The van der Waals surface area contributed by atoms with Gasteiger partial charge >= 0.3 is 0 Å². The van der Waals surface area contributed by atoms with E-state index in [2.05, 4.69) is 162 Å². The molecule has 5 heterocycles. The van der Waals surface area contributed by atoms with Crippen molar-refractivity contribution >= 4 is 87.2 Å². The number of hydrogen-bond donors (Lipinski definition) is 0.